The predicted molar refractivity (Wildman–Crippen MR) is 127 cm³/mol. The number of rotatable bonds is 4. The van der Waals surface area contributed by atoms with E-state index in [4.69, 9.17) is 39.2 Å². The van der Waals surface area contributed by atoms with E-state index in [1.165, 1.54) is 0 Å². The molecule has 43 heavy (non-hydrogen) atoms. The van der Waals surface area contributed by atoms with Crippen molar-refractivity contribution >= 4 is 17.9 Å². The second-order valence-electron chi connectivity index (χ2n) is 9.32. The fraction of sp³-hybridized carbons (Fsp3) is 0.652. The number of aromatic nitrogens is 1. The maximum atomic E-state index is 10.6. The van der Waals surface area contributed by atoms with Crippen LogP contribution in [-0.2, 0) is 30.4 Å². The van der Waals surface area contributed by atoms with Gasteiger partial charge in [0, 0.05) is 32.4 Å². The number of nitrogens with zero attached hydrogens (tertiary/aromatic N) is 3. The number of carboxylic acids is 3. The number of hydrogen-bond acceptors (Lipinski definition) is 8. The number of carboxylic acid groups (broad SMARTS) is 3. The van der Waals surface area contributed by atoms with Crippen LogP contribution in [0.5, 0.6) is 0 Å². The standard InChI is InChI=1S/C17H27N3O2.3C2HF3O2/c1-19(2)10-15-9-17(22-12-15)13-20(7-8-21-14-17)11-16-5-3-4-6-18-16;3*3-2(4,5)1(6)7/h3-6,15H,7-14H2,1-2H3;3*(H,6,7). The van der Waals surface area contributed by atoms with Crippen molar-refractivity contribution in [2.45, 2.75) is 37.1 Å². The van der Waals surface area contributed by atoms with Gasteiger partial charge in [-0.1, -0.05) is 6.07 Å². The maximum absolute atomic E-state index is 10.6. The van der Waals surface area contributed by atoms with Gasteiger partial charge in [-0.2, -0.15) is 39.5 Å². The van der Waals surface area contributed by atoms with Crippen LogP contribution in [0.2, 0.25) is 0 Å². The van der Waals surface area contributed by atoms with Gasteiger partial charge in [0.25, 0.3) is 0 Å². The lowest BCUT2D eigenvalue weighted by Crippen LogP contribution is -2.44. The van der Waals surface area contributed by atoms with Crippen molar-refractivity contribution in [2.75, 3.05) is 53.6 Å². The summed E-state index contributed by atoms with van der Waals surface area (Å²) in [6.07, 6.45) is -12.3. The first kappa shape index (κ1) is 39.8. The Labute approximate surface area is 238 Å². The Bertz CT molecular complexity index is 951. The molecule has 0 aromatic carbocycles. The van der Waals surface area contributed by atoms with Crippen molar-refractivity contribution in [3.05, 3.63) is 30.1 Å². The van der Waals surface area contributed by atoms with Gasteiger partial charge in [-0.05, 0) is 38.6 Å². The molecule has 20 heteroatoms. The smallest absolute Gasteiger partial charge is 0.475 e. The molecule has 2 aliphatic rings. The highest BCUT2D eigenvalue weighted by Crippen LogP contribution is 2.33. The van der Waals surface area contributed by atoms with Crippen LogP contribution in [-0.4, -0.2) is 126 Å². The molecule has 1 aromatic rings. The average molecular weight is 647 g/mol. The Hall–Kier alpha value is -3.23. The van der Waals surface area contributed by atoms with Crippen molar-refractivity contribution in [1.29, 1.82) is 0 Å². The molecule has 0 saturated carbocycles. The first-order valence-corrected chi connectivity index (χ1v) is 11.9. The number of pyridine rings is 1. The summed E-state index contributed by atoms with van der Waals surface area (Å²) >= 11 is 0. The van der Waals surface area contributed by atoms with Crippen LogP contribution in [0, 0.1) is 5.92 Å². The minimum absolute atomic E-state index is 0.133. The van der Waals surface area contributed by atoms with Gasteiger partial charge in [-0.3, -0.25) is 9.88 Å². The van der Waals surface area contributed by atoms with Crippen molar-refractivity contribution in [3.8, 4) is 0 Å². The lowest BCUT2D eigenvalue weighted by molar-refractivity contribution is -0.193. The van der Waals surface area contributed by atoms with Crippen molar-refractivity contribution in [1.82, 2.24) is 14.8 Å². The molecule has 3 N–H and O–H groups in total. The Morgan fingerprint density at radius 1 is 0.953 bits per heavy atom. The second kappa shape index (κ2) is 17.2. The molecule has 2 atom stereocenters. The van der Waals surface area contributed by atoms with Crippen molar-refractivity contribution < 1.29 is 78.7 Å². The van der Waals surface area contributed by atoms with Gasteiger partial charge in [0.2, 0.25) is 0 Å². The zero-order valence-corrected chi connectivity index (χ0v) is 22.7. The van der Waals surface area contributed by atoms with Crippen LogP contribution >= 0.6 is 0 Å². The van der Waals surface area contributed by atoms with Crippen LogP contribution in [0.3, 0.4) is 0 Å². The van der Waals surface area contributed by atoms with Gasteiger partial charge >= 0.3 is 36.4 Å². The van der Waals surface area contributed by atoms with Crippen LogP contribution < -0.4 is 0 Å². The minimum atomic E-state index is -5.08. The zero-order valence-electron chi connectivity index (χ0n) is 22.7. The molecule has 2 unspecified atom stereocenters. The first-order chi connectivity index (χ1) is 19.5. The molecular formula is C23H30F9N3O8. The number of alkyl halides is 9. The molecule has 0 bridgehead atoms. The average Bonchev–Trinajstić information content (AvgIpc) is 3.11. The molecule has 1 spiro atoms. The number of hydrogen-bond donors (Lipinski definition) is 3. The van der Waals surface area contributed by atoms with E-state index in [1.54, 1.807) is 0 Å². The number of ether oxygens (including phenoxy) is 2. The highest BCUT2D eigenvalue weighted by atomic mass is 19.4. The topological polar surface area (TPSA) is 150 Å². The van der Waals surface area contributed by atoms with Crippen LogP contribution in [0.25, 0.3) is 0 Å². The summed E-state index contributed by atoms with van der Waals surface area (Å²) in [6.45, 7) is 6.17. The Balaban J connectivity index is 0.000000690. The number of aliphatic carboxylic acids is 3. The van der Waals surface area contributed by atoms with Crippen molar-refractivity contribution in [3.63, 3.8) is 0 Å². The van der Waals surface area contributed by atoms with Crippen LogP contribution in [0.15, 0.2) is 24.4 Å². The predicted octanol–water partition coefficient (Wildman–Crippen LogP) is 3.15. The fourth-order valence-electron chi connectivity index (χ4n) is 3.62. The van der Waals surface area contributed by atoms with Gasteiger partial charge in [-0.25, -0.2) is 14.4 Å². The SMILES string of the molecule is CN(C)CC1COC2(COCCN(Cc3ccccn3)C2)C1.O=C(O)C(F)(F)F.O=C(O)C(F)(F)F.O=C(O)C(F)(F)F. The van der Waals surface area contributed by atoms with E-state index >= 15 is 0 Å². The molecular weight excluding hydrogens is 617 g/mol. The highest BCUT2D eigenvalue weighted by molar-refractivity contribution is 5.73. The molecule has 0 aliphatic carbocycles. The molecule has 3 rings (SSSR count). The van der Waals surface area contributed by atoms with Crippen LogP contribution in [0.1, 0.15) is 12.1 Å². The Morgan fingerprint density at radius 3 is 1.84 bits per heavy atom. The molecule has 3 heterocycles. The van der Waals surface area contributed by atoms with Crippen LogP contribution in [0.4, 0.5) is 39.5 Å². The van der Waals surface area contributed by atoms with Crippen molar-refractivity contribution in [2.24, 2.45) is 5.92 Å². The third-order valence-corrected chi connectivity index (χ3v) is 5.18. The van der Waals surface area contributed by atoms with Gasteiger partial charge in [0.1, 0.15) is 5.60 Å². The van der Waals surface area contributed by atoms with Gasteiger partial charge in [0.15, 0.2) is 0 Å². The zero-order chi connectivity index (χ0) is 33.6. The maximum Gasteiger partial charge on any atom is 0.490 e. The van der Waals surface area contributed by atoms with E-state index in [0.29, 0.717) is 5.92 Å². The third-order valence-electron chi connectivity index (χ3n) is 5.18. The normalized spacial score (nSPS) is 20.9. The highest BCUT2D eigenvalue weighted by Gasteiger charge is 2.43. The Morgan fingerprint density at radius 2 is 1.44 bits per heavy atom. The fourth-order valence-corrected chi connectivity index (χ4v) is 3.62. The summed E-state index contributed by atoms with van der Waals surface area (Å²) in [5, 5.41) is 21.4. The van der Waals surface area contributed by atoms with E-state index in [9.17, 15) is 39.5 Å². The van der Waals surface area contributed by atoms with E-state index < -0.39 is 36.4 Å². The lowest BCUT2D eigenvalue weighted by atomic mass is 9.94. The molecule has 0 radical (unpaired) electrons. The number of halogens is 9. The molecule has 1 aromatic heterocycles. The molecule has 0 amide bonds. The van der Waals surface area contributed by atoms with E-state index in [1.807, 2.05) is 18.3 Å². The molecule has 2 saturated heterocycles. The van der Waals surface area contributed by atoms with E-state index in [0.717, 1.165) is 58.1 Å². The summed E-state index contributed by atoms with van der Waals surface area (Å²) in [7, 11) is 4.25. The van der Waals surface area contributed by atoms with E-state index in [-0.39, 0.29) is 5.60 Å². The molecule has 248 valence electrons. The molecule has 2 fully saturated rings. The lowest BCUT2D eigenvalue weighted by Gasteiger charge is -2.31. The minimum Gasteiger partial charge on any atom is -0.475 e. The van der Waals surface area contributed by atoms with E-state index in [2.05, 4.69) is 34.9 Å². The largest absolute Gasteiger partial charge is 0.490 e. The molecule has 2 aliphatic heterocycles. The third kappa shape index (κ3) is 17.5. The van der Waals surface area contributed by atoms with Gasteiger partial charge < -0.3 is 29.7 Å². The summed E-state index contributed by atoms with van der Waals surface area (Å²) < 4.78 is 107. The number of carbonyl (C=O) groups is 3. The Kier molecular flexibility index (Phi) is 15.9. The summed E-state index contributed by atoms with van der Waals surface area (Å²) in [5.41, 5.74) is 0.980. The monoisotopic (exact) mass is 647 g/mol. The molecule has 11 nitrogen and oxygen atoms in total. The second-order valence-corrected chi connectivity index (χ2v) is 9.32. The first-order valence-electron chi connectivity index (χ1n) is 11.9. The van der Waals surface area contributed by atoms with Gasteiger partial charge in [-0.15, -0.1) is 0 Å². The summed E-state index contributed by atoms with van der Waals surface area (Å²) in [5.74, 6) is -7.67. The quantitative estimate of drug-likeness (QED) is 0.414. The summed E-state index contributed by atoms with van der Waals surface area (Å²) in [6, 6.07) is 6.09. The van der Waals surface area contributed by atoms with Gasteiger partial charge in [0.05, 0.1) is 25.5 Å². The summed E-state index contributed by atoms with van der Waals surface area (Å²) in [4.78, 5) is 35.8.